The molecule has 1 saturated heterocycles. The van der Waals surface area contributed by atoms with E-state index in [1.807, 2.05) is 24.0 Å². The van der Waals surface area contributed by atoms with Crippen molar-refractivity contribution in [2.45, 2.75) is 25.9 Å². The van der Waals surface area contributed by atoms with Crippen LogP contribution >= 0.6 is 0 Å². The molecule has 1 fully saturated rings. The average Bonchev–Trinajstić information content (AvgIpc) is 2.49. The Morgan fingerprint density at radius 3 is 3.00 bits per heavy atom. The van der Waals surface area contributed by atoms with Gasteiger partial charge in [-0.3, -0.25) is 4.79 Å². The molecule has 4 nitrogen and oxygen atoms in total. The lowest BCUT2D eigenvalue weighted by atomic mass is 9.90. The van der Waals surface area contributed by atoms with Crippen LogP contribution < -0.4 is 5.32 Å². The van der Waals surface area contributed by atoms with Crippen LogP contribution in [-0.2, 0) is 11.2 Å². The van der Waals surface area contributed by atoms with E-state index in [2.05, 4.69) is 17.4 Å². The van der Waals surface area contributed by atoms with Gasteiger partial charge in [-0.05, 0) is 30.4 Å². The van der Waals surface area contributed by atoms with Gasteiger partial charge in [0.25, 0.3) is 0 Å². The highest BCUT2D eigenvalue weighted by Crippen LogP contribution is 2.26. The van der Waals surface area contributed by atoms with Crippen LogP contribution in [0.5, 0.6) is 0 Å². The minimum Gasteiger partial charge on any atom is -0.393 e. The molecule has 0 aromatic heterocycles. The van der Waals surface area contributed by atoms with Crippen LogP contribution in [0.25, 0.3) is 0 Å². The summed E-state index contributed by atoms with van der Waals surface area (Å²) >= 11 is 0. The van der Waals surface area contributed by atoms with E-state index in [9.17, 15) is 9.90 Å². The van der Waals surface area contributed by atoms with Gasteiger partial charge < -0.3 is 15.3 Å². The van der Waals surface area contributed by atoms with Gasteiger partial charge >= 0.3 is 0 Å². The molecule has 108 valence electrons. The van der Waals surface area contributed by atoms with Crippen LogP contribution in [-0.4, -0.2) is 41.7 Å². The van der Waals surface area contributed by atoms with E-state index in [-0.39, 0.29) is 23.8 Å². The lowest BCUT2D eigenvalue weighted by Crippen LogP contribution is -2.49. The normalized spacial score (nSPS) is 29.5. The van der Waals surface area contributed by atoms with E-state index in [1.165, 1.54) is 5.56 Å². The number of para-hydroxylation sites is 1. The monoisotopic (exact) mass is 274 g/mol. The van der Waals surface area contributed by atoms with Crippen molar-refractivity contribution >= 4 is 11.6 Å². The first kappa shape index (κ1) is 13.4. The van der Waals surface area contributed by atoms with E-state index in [0.29, 0.717) is 26.1 Å². The van der Waals surface area contributed by atoms with Crippen LogP contribution in [0.1, 0.15) is 18.9 Å². The largest absolute Gasteiger partial charge is 0.393 e. The average molecular weight is 274 g/mol. The Morgan fingerprint density at radius 2 is 2.20 bits per heavy atom. The second kappa shape index (κ2) is 5.44. The summed E-state index contributed by atoms with van der Waals surface area (Å²) < 4.78 is 0. The molecule has 20 heavy (non-hydrogen) atoms. The number of aliphatic hydroxyl groups excluding tert-OH is 1. The number of carbonyl (C=O) groups excluding carboxylic acids is 1. The third kappa shape index (κ3) is 2.52. The Bertz CT molecular complexity index is 503. The third-order valence-electron chi connectivity index (χ3n) is 4.54. The number of rotatable bonds is 1. The summed E-state index contributed by atoms with van der Waals surface area (Å²) in [4.78, 5) is 14.5. The zero-order valence-corrected chi connectivity index (χ0v) is 11.9. The Labute approximate surface area is 119 Å². The quantitative estimate of drug-likeness (QED) is 0.816. The summed E-state index contributed by atoms with van der Waals surface area (Å²) in [6.45, 7) is 4.09. The van der Waals surface area contributed by atoms with Gasteiger partial charge in [-0.15, -0.1) is 0 Å². The van der Waals surface area contributed by atoms with Gasteiger partial charge in [-0.2, -0.15) is 0 Å². The minimum absolute atomic E-state index is 0.0207. The Balaban J connectivity index is 1.67. The minimum atomic E-state index is -0.260. The lowest BCUT2D eigenvalue weighted by Gasteiger charge is -2.37. The number of likely N-dealkylation sites (tertiary alicyclic amines) is 1. The number of benzene rings is 1. The maximum Gasteiger partial charge on any atom is 0.227 e. The van der Waals surface area contributed by atoms with Crippen LogP contribution in [0.3, 0.4) is 0 Å². The van der Waals surface area contributed by atoms with Crippen molar-refractivity contribution in [3.8, 4) is 0 Å². The van der Waals surface area contributed by atoms with Gasteiger partial charge in [0.05, 0.1) is 12.0 Å². The second-order valence-corrected chi connectivity index (χ2v) is 6.06. The number of nitrogens with zero attached hydrogens (tertiary/aromatic N) is 1. The summed E-state index contributed by atoms with van der Waals surface area (Å²) in [5.41, 5.74) is 2.38. The van der Waals surface area contributed by atoms with Gasteiger partial charge in [0, 0.05) is 25.3 Å². The summed E-state index contributed by atoms with van der Waals surface area (Å²) in [5, 5.41) is 13.1. The molecule has 1 aromatic rings. The second-order valence-electron chi connectivity index (χ2n) is 6.06. The van der Waals surface area contributed by atoms with Crippen molar-refractivity contribution in [2.24, 2.45) is 11.8 Å². The van der Waals surface area contributed by atoms with Crippen molar-refractivity contribution in [3.05, 3.63) is 29.8 Å². The fraction of sp³-hybridized carbons (Fsp3) is 0.562. The number of hydrogen-bond acceptors (Lipinski definition) is 3. The molecule has 1 amide bonds. The van der Waals surface area contributed by atoms with Gasteiger partial charge in [0.15, 0.2) is 0 Å². The lowest BCUT2D eigenvalue weighted by molar-refractivity contribution is -0.138. The highest BCUT2D eigenvalue weighted by molar-refractivity contribution is 5.81. The standard InChI is InChI=1S/C16H22N2O2/c1-11-10-18(7-6-15(11)19)16(20)13-8-12-4-2-3-5-14(12)17-9-13/h2-5,11,13,15,17,19H,6-10H2,1H3. The van der Waals surface area contributed by atoms with Gasteiger partial charge in [-0.1, -0.05) is 25.1 Å². The molecule has 2 aliphatic rings. The number of aliphatic hydroxyl groups is 1. The smallest absolute Gasteiger partial charge is 0.227 e. The fourth-order valence-electron chi connectivity index (χ4n) is 3.21. The fourth-order valence-corrected chi connectivity index (χ4v) is 3.21. The Morgan fingerprint density at radius 1 is 1.40 bits per heavy atom. The van der Waals surface area contributed by atoms with Gasteiger partial charge in [-0.25, -0.2) is 0 Å². The zero-order valence-electron chi connectivity index (χ0n) is 11.9. The predicted molar refractivity (Wildman–Crippen MR) is 78.5 cm³/mol. The number of amides is 1. The Hall–Kier alpha value is -1.55. The topological polar surface area (TPSA) is 52.6 Å². The van der Waals surface area contributed by atoms with E-state index in [0.717, 1.165) is 12.1 Å². The van der Waals surface area contributed by atoms with Crippen LogP contribution in [0.15, 0.2) is 24.3 Å². The maximum absolute atomic E-state index is 12.6. The van der Waals surface area contributed by atoms with E-state index in [1.54, 1.807) is 0 Å². The molecule has 4 heteroatoms. The first-order valence-corrected chi connectivity index (χ1v) is 7.44. The molecule has 3 atom stereocenters. The summed E-state index contributed by atoms with van der Waals surface area (Å²) in [5.74, 6) is 0.426. The van der Waals surface area contributed by atoms with E-state index in [4.69, 9.17) is 0 Å². The maximum atomic E-state index is 12.6. The summed E-state index contributed by atoms with van der Waals surface area (Å²) in [7, 11) is 0. The van der Waals surface area contributed by atoms with E-state index >= 15 is 0 Å². The van der Waals surface area contributed by atoms with Crippen molar-refractivity contribution < 1.29 is 9.90 Å². The molecule has 0 saturated carbocycles. The number of hydrogen-bond donors (Lipinski definition) is 2. The molecule has 0 radical (unpaired) electrons. The predicted octanol–water partition coefficient (Wildman–Crippen LogP) is 1.50. The molecule has 0 bridgehead atoms. The number of nitrogens with one attached hydrogen (secondary N) is 1. The van der Waals surface area contributed by atoms with Crippen LogP contribution in [0.4, 0.5) is 5.69 Å². The zero-order chi connectivity index (χ0) is 14.1. The van der Waals surface area contributed by atoms with Crippen molar-refractivity contribution in [2.75, 3.05) is 25.0 Å². The first-order chi connectivity index (χ1) is 9.65. The summed E-state index contributed by atoms with van der Waals surface area (Å²) in [6, 6.07) is 8.19. The number of fused-ring (bicyclic) bond motifs is 1. The molecule has 3 rings (SSSR count). The number of carbonyl (C=O) groups is 1. The highest BCUT2D eigenvalue weighted by atomic mass is 16.3. The van der Waals surface area contributed by atoms with Gasteiger partial charge in [0.1, 0.15) is 0 Å². The van der Waals surface area contributed by atoms with Crippen LogP contribution in [0, 0.1) is 11.8 Å². The molecule has 2 N–H and O–H groups in total. The molecule has 0 spiro atoms. The van der Waals surface area contributed by atoms with E-state index < -0.39 is 0 Å². The molecule has 2 aliphatic heterocycles. The molecule has 2 heterocycles. The SMILES string of the molecule is CC1CN(C(=O)C2CNc3ccccc3C2)CCC1O. The van der Waals surface area contributed by atoms with Crippen molar-refractivity contribution in [1.29, 1.82) is 0 Å². The Kier molecular flexibility index (Phi) is 3.66. The third-order valence-corrected chi connectivity index (χ3v) is 4.54. The molecule has 1 aromatic carbocycles. The highest BCUT2D eigenvalue weighted by Gasteiger charge is 2.32. The molecule has 3 unspecified atom stereocenters. The van der Waals surface area contributed by atoms with Crippen LogP contribution in [0.2, 0.25) is 0 Å². The molecular weight excluding hydrogens is 252 g/mol. The number of piperidine rings is 1. The van der Waals surface area contributed by atoms with Crippen molar-refractivity contribution in [1.82, 2.24) is 4.90 Å². The number of anilines is 1. The molecular formula is C16H22N2O2. The molecule has 0 aliphatic carbocycles. The van der Waals surface area contributed by atoms with Crippen molar-refractivity contribution in [3.63, 3.8) is 0 Å². The first-order valence-electron chi connectivity index (χ1n) is 7.44. The summed E-state index contributed by atoms with van der Waals surface area (Å²) in [6.07, 6.45) is 1.25. The van der Waals surface area contributed by atoms with Gasteiger partial charge in [0.2, 0.25) is 5.91 Å².